The molecule has 0 aliphatic carbocycles. The molecule has 0 fully saturated rings. The van der Waals surface area contributed by atoms with Crippen molar-refractivity contribution in [3.05, 3.63) is 75.0 Å². The summed E-state index contributed by atoms with van der Waals surface area (Å²) >= 11 is 7.28. The number of ether oxygens (including phenoxy) is 2. The number of halogens is 2. The Hall–Kier alpha value is -2.64. The van der Waals surface area contributed by atoms with Crippen molar-refractivity contribution in [1.29, 1.82) is 0 Å². The zero-order chi connectivity index (χ0) is 19.6. The summed E-state index contributed by atoms with van der Waals surface area (Å²) in [5.41, 5.74) is 0.987. The van der Waals surface area contributed by atoms with Crippen molar-refractivity contribution in [3.63, 3.8) is 0 Å². The molecule has 0 amide bonds. The Morgan fingerprint density at radius 2 is 1.74 bits per heavy atom. The molecule has 5 nitrogen and oxygen atoms in total. The summed E-state index contributed by atoms with van der Waals surface area (Å²) in [5.74, 6) is -2.36. The van der Waals surface area contributed by atoms with E-state index < -0.39 is 23.7 Å². The molecule has 0 saturated carbocycles. The van der Waals surface area contributed by atoms with E-state index in [4.69, 9.17) is 21.1 Å². The van der Waals surface area contributed by atoms with E-state index in [1.165, 1.54) is 48.7 Å². The molecule has 1 aliphatic heterocycles. The van der Waals surface area contributed by atoms with E-state index >= 15 is 0 Å². The lowest BCUT2D eigenvalue weighted by atomic mass is 9.88. The van der Waals surface area contributed by atoms with Gasteiger partial charge in [0.05, 0.1) is 36.3 Å². The molecule has 1 aromatic carbocycles. The maximum Gasteiger partial charge on any atom is 0.336 e. The van der Waals surface area contributed by atoms with Gasteiger partial charge in [-0.2, -0.15) is 0 Å². The van der Waals surface area contributed by atoms with Gasteiger partial charge in [-0.05, 0) is 29.6 Å². The van der Waals surface area contributed by atoms with E-state index in [0.29, 0.717) is 5.69 Å². The number of benzene rings is 1. The number of esters is 2. The number of thiophene rings is 1. The van der Waals surface area contributed by atoms with E-state index in [2.05, 4.69) is 0 Å². The average molecular weight is 408 g/mol. The van der Waals surface area contributed by atoms with Crippen molar-refractivity contribution < 1.29 is 23.5 Å². The number of rotatable bonds is 4. The highest BCUT2D eigenvalue weighted by atomic mass is 35.5. The van der Waals surface area contributed by atoms with Gasteiger partial charge in [-0.1, -0.05) is 17.7 Å². The van der Waals surface area contributed by atoms with Gasteiger partial charge in [0.1, 0.15) is 5.82 Å². The number of carbonyl (C=O) groups is 2. The Balaban J connectivity index is 2.16. The molecule has 0 bridgehead atoms. The first-order valence-corrected chi connectivity index (χ1v) is 9.09. The van der Waals surface area contributed by atoms with Crippen molar-refractivity contribution >= 4 is 40.6 Å². The molecule has 0 saturated heterocycles. The van der Waals surface area contributed by atoms with E-state index in [1.54, 1.807) is 12.4 Å². The summed E-state index contributed by atoms with van der Waals surface area (Å²) < 4.78 is 23.3. The van der Waals surface area contributed by atoms with Crippen molar-refractivity contribution in [2.75, 3.05) is 19.1 Å². The fourth-order valence-electron chi connectivity index (χ4n) is 2.79. The fourth-order valence-corrected chi connectivity index (χ4v) is 3.82. The predicted octanol–water partition coefficient (Wildman–Crippen LogP) is 4.26. The van der Waals surface area contributed by atoms with Crippen LogP contribution in [-0.4, -0.2) is 26.2 Å². The van der Waals surface area contributed by atoms with Crippen LogP contribution in [0.15, 0.2) is 59.3 Å². The Kier molecular flexibility index (Phi) is 5.62. The first kappa shape index (κ1) is 19.1. The minimum absolute atomic E-state index is 0.0751. The Bertz CT molecular complexity index is 905. The maximum absolute atomic E-state index is 13.5. The molecule has 1 aliphatic rings. The van der Waals surface area contributed by atoms with E-state index in [0.717, 1.165) is 4.88 Å². The second kappa shape index (κ2) is 7.94. The number of anilines is 1. The van der Waals surface area contributed by atoms with Gasteiger partial charge in [0, 0.05) is 23.0 Å². The molecular formula is C19H15ClFNO4S. The van der Waals surface area contributed by atoms with Gasteiger partial charge < -0.3 is 14.4 Å². The van der Waals surface area contributed by atoms with Crippen LogP contribution in [0.1, 0.15) is 10.8 Å². The van der Waals surface area contributed by atoms with Crippen LogP contribution < -0.4 is 4.90 Å². The molecule has 0 atom stereocenters. The summed E-state index contributed by atoms with van der Waals surface area (Å²) in [6.45, 7) is 0. The minimum Gasteiger partial charge on any atom is -0.466 e. The van der Waals surface area contributed by atoms with Gasteiger partial charge in [0.25, 0.3) is 0 Å². The van der Waals surface area contributed by atoms with Gasteiger partial charge in [0.2, 0.25) is 0 Å². The van der Waals surface area contributed by atoms with Crippen molar-refractivity contribution in [3.8, 4) is 0 Å². The number of nitrogens with zero attached hydrogens (tertiary/aromatic N) is 1. The third-order valence-corrected chi connectivity index (χ3v) is 5.28. The lowest BCUT2D eigenvalue weighted by molar-refractivity contribution is -0.137. The van der Waals surface area contributed by atoms with Crippen LogP contribution in [0.4, 0.5) is 10.1 Å². The summed E-state index contributed by atoms with van der Waals surface area (Å²) in [4.78, 5) is 27.2. The lowest BCUT2D eigenvalue weighted by Crippen LogP contribution is -2.28. The number of methoxy groups -OCH3 is 2. The zero-order valence-corrected chi connectivity index (χ0v) is 16.0. The normalized spacial score (nSPS) is 14.4. The fraction of sp³-hybridized carbons (Fsp3) is 0.158. The van der Waals surface area contributed by atoms with Gasteiger partial charge in [-0.15, -0.1) is 11.3 Å². The van der Waals surface area contributed by atoms with E-state index in [-0.39, 0.29) is 16.2 Å². The van der Waals surface area contributed by atoms with E-state index in [9.17, 15) is 14.0 Å². The average Bonchev–Trinajstić information content (AvgIpc) is 3.22. The third kappa shape index (κ3) is 3.74. The monoisotopic (exact) mass is 407 g/mol. The summed E-state index contributed by atoms with van der Waals surface area (Å²) in [6.07, 6.45) is 3.10. The molecule has 0 N–H and O–H groups in total. The molecule has 2 aromatic rings. The third-order valence-electron chi connectivity index (χ3n) is 4.05. The number of hydrogen-bond acceptors (Lipinski definition) is 6. The van der Waals surface area contributed by atoms with Crippen LogP contribution in [0, 0.1) is 5.82 Å². The smallest absolute Gasteiger partial charge is 0.336 e. The largest absolute Gasteiger partial charge is 0.466 e. The molecule has 0 radical (unpaired) electrons. The second-order valence-electron chi connectivity index (χ2n) is 5.61. The molecule has 8 heteroatoms. The second-order valence-corrected chi connectivity index (χ2v) is 6.99. The molecule has 140 valence electrons. The summed E-state index contributed by atoms with van der Waals surface area (Å²) in [6, 6.07) is 7.76. The lowest BCUT2D eigenvalue weighted by Gasteiger charge is -2.29. The molecule has 0 unspecified atom stereocenters. The van der Waals surface area contributed by atoms with Crippen molar-refractivity contribution in [2.24, 2.45) is 0 Å². The maximum atomic E-state index is 13.5. The molecule has 27 heavy (non-hydrogen) atoms. The van der Waals surface area contributed by atoms with Crippen LogP contribution in [0.25, 0.3) is 0 Å². The van der Waals surface area contributed by atoms with Crippen LogP contribution in [0.5, 0.6) is 0 Å². The Labute approximate surface area is 164 Å². The molecular weight excluding hydrogens is 393 g/mol. The molecule has 3 rings (SSSR count). The quantitative estimate of drug-likeness (QED) is 0.709. The number of hydrogen-bond donors (Lipinski definition) is 0. The highest BCUT2D eigenvalue weighted by Gasteiger charge is 2.36. The van der Waals surface area contributed by atoms with E-state index in [1.807, 2.05) is 17.5 Å². The van der Waals surface area contributed by atoms with Gasteiger partial charge in [-0.25, -0.2) is 14.0 Å². The molecule has 1 aromatic heterocycles. The number of carbonyl (C=O) groups excluding carboxylic acids is 2. The van der Waals surface area contributed by atoms with Crippen LogP contribution in [0.3, 0.4) is 0 Å². The van der Waals surface area contributed by atoms with Crippen LogP contribution in [-0.2, 0) is 19.1 Å². The van der Waals surface area contributed by atoms with Crippen molar-refractivity contribution in [2.45, 2.75) is 5.92 Å². The summed E-state index contributed by atoms with van der Waals surface area (Å²) in [5, 5.41) is 1.78. The standard InChI is InChI=1S/C19H15ClFNO4S/c1-25-18(23)12-9-22(11-5-6-15(21)14(20)8-11)10-13(19(24)26-2)17(12)16-4-3-7-27-16/h3-10,17H,1-2H3. The highest BCUT2D eigenvalue weighted by Crippen LogP contribution is 2.40. The van der Waals surface area contributed by atoms with Crippen LogP contribution >= 0.6 is 22.9 Å². The predicted molar refractivity (Wildman–Crippen MR) is 101 cm³/mol. The zero-order valence-electron chi connectivity index (χ0n) is 14.4. The first-order chi connectivity index (χ1) is 13.0. The summed E-state index contributed by atoms with van der Waals surface area (Å²) in [7, 11) is 2.54. The first-order valence-electron chi connectivity index (χ1n) is 7.83. The van der Waals surface area contributed by atoms with Gasteiger partial charge in [0.15, 0.2) is 0 Å². The highest BCUT2D eigenvalue weighted by molar-refractivity contribution is 7.10. The Morgan fingerprint density at radius 1 is 1.11 bits per heavy atom. The molecule has 0 spiro atoms. The van der Waals surface area contributed by atoms with Gasteiger partial charge in [-0.3, -0.25) is 0 Å². The minimum atomic E-state index is -0.628. The topological polar surface area (TPSA) is 55.8 Å². The SMILES string of the molecule is COC(=O)C1=CN(c2ccc(F)c(Cl)c2)C=C(C(=O)OC)C1c1cccs1. The Morgan fingerprint density at radius 3 is 2.22 bits per heavy atom. The van der Waals surface area contributed by atoms with Crippen LogP contribution in [0.2, 0.25) is 5.02 Å². The molecule has 2 heterocycles. The van der Waals surface area contributed by atoms with Crippen molar-refractivity contribution in [1.82, 2.24) is 0 Å². The van der Waals surface area contributed by atoms with Gasteiger partial charge >= 0.3 is 11.9 Å².